The number of para-hydroxylation sites is 1. The number of hydrogen-bond acceptors (Lipinski definition) is 3. The quantitative estimate of drug-likeness (QED) is 0.879. The molecule has 0 saturated heterocycles. The van der Waals surface area contributed by atoms with Crippen molar-refractivity contribution in [1.29, 1.82) is 0 Å². The third-order valence-corrected chi connectivity index (χ3v) is 4.81. The zero-order valence-electron chi connectivity index (χ0n) is 15.7. The molecule has 0 spiro atoms. The molecule has 2 rings (SSSR count). The molecule has 25 heavy (non-hydrogen) atoms. The summed E-state index contributed by atoms with van der Waals surface area (Å²) in [5, 5.41) is 13.0. The maximum absolute atomic E-state index is 12.9. The molecule has 0 aliphatic heterocycles. The van der Waals surface area contributed by atoms with Gasteiger partial charge < -0.3 is 15.3 Å². The van der Waals surface area contributed by atoms with E-state index in [0.29, 0.717) is 17.8 Å². The first-order valence-corrected chi connectivity index (χ1v) is 9.04. The van der Waals surface area contributed by atoms with E-state index in [9.17, 15) is 14.7 Å². The van der Waals surface area contributed by atoms with Crippen LogP contribution in [0.2, 0.25) is 0 Å². The molecule has 1 aliphatic rings. The Balaban J connectivity index is 2.11. The minimum absolute atomic E-state index is 0.124. The van der Waals surface area contributed by atoms with E-state index in [1.54, 1.807) is 36.2 Å². The number of carbonyl (C=O) groups is 2. The Morgan fingerprint density at radius 2 is 1.84 bits per heavy atom. The molecule has 2 unspecified atom stereocenters. The van der Waals surface area contributed by atoms with Gasteiger partial charge in [-0.3, -0.25) is 9.59 Å². The van der Waals surface area contributed by atoms with Crippen LogP contribution in [-0.4, -0.2) is 41.5 Å². The minimum Gasteiger partial charge on any atom is -0.393 e. The Morgan fingerprint density at radius 1 is 1.20 bits per heavy atom. The summed E-state index contributed by atoms with van der Waals surface area (Å²) in [5.41, 5.74) is 0.477. The van der Waals surface area contributed by atoms with E-state index < -0.39 is 5.41 Å². The van der Waals surface area contributed by atoms with Crippen LogP contribution in [0, 0.1) is 11.3 Å². The Hall–Kier alpha value is -1.88. The average molecular weight is 346 g/mol. The second kappa shape index (κ2) is 8.00. The number of nitrogens with one attached hydrogen (secondary N) is 1. The fourth-order valence-electron chi connectivity index (χ4n) is 3.13. The lowest BCUT2D eigenvalue weighted by Crippen LogP contribution is -2.38. The summed E-state index contributed by atoms with van der Waals surface area (Å²) in [4.78, 5) is 26.8. The van der Waals surface area contributed by atoms with Crippen molar-refractivity contribution in [3.63, 3.8) is 0 Å². The number of hydrogen-bond donors (Lipinski definition) is 2. The molecule has 1 fully saturated rings. The highest BCUT2D eigenvalue weighted by Gasteiger charge is 2.27. The second-order valence-electron chi connectivity index (χ2n) is 8.05. The van der Waals surface area contributed by atoms with Crippen LogP contribution in [0.4, 0.5) is 5.69 Å². The molecule has 5 heteroatoms. The zero-order valence-corrected chi connectivity index (χ0v) is 15.7. The molecule has 5 nitrogen and oxygen atoms in total. The highest BCUT2D eigenvalue weighted by atomic mass is 16.3. The molecule has 0 aromatic heterocycles. The molecule has 138 valence electrons. The van der Waals surface area contributed by atoms with Gasteiger partial charge in [0.2, 0.25) is 5.91 Å². The van der Waals surface area contributed by atoms with E-state index in [1.165, 1.54) is 0 Å². The van der Waals surface area contributed by atoms with E-state index in [-0.39, 0.29) is 23.8 Å². The molecule has 0 radical (unpaired) electrons. The van der Waals surface area contributed by atoms with Crippen LogP contribution < -0.4 is 5.32 Å². The lowest BCUT2D eigenvalue weighted by atomic mass is 9.86. The van der Waals surface area contributed by atoms with E-state index in [2.05, 4.69) is 5.32 Å². The first-order chi connectivity index (χ1) is 11.7. The number of nitrogens with zero attached hydrogens (tertiary/aromatic N) is 1. The fraction of sp³-hybridized carbons (Fsp3) is 0.600. The summed E-state index contributed by atoms with van der Waals surface area (Å²) in [6.45, 7) is 6.04. The van der Waals surface area contributed by atoms with Crippen molar-refractivity contribution in [1.82, 2.24) is 4.90 Å². The number of rotatable bonds is 4. The Kier molecular flexibility index (Phi) is 6.22. The van der Waals surface area contributed by atoms with Crippen molar-refractivity contribution >= 4 is 17.5 Å². The Bertz CT molecular complexity index is 622. The molecule has 1 aromatic carbocycles. The zero-order chi connectivity index (χ0) is 18.6. The van der Waals surface area contributed by atoms with Crippen molar-refractivity contribution in [3.8, 4) is 0 Å². The second-order valence-corrected chi connectivity index (χ2v) is 8.05. The molecule has 0 bridgehead atoms. The van der Waals surface area contributed by atoms with Crippen LogP contribution in [-0.2, 0) is 4.79 Å². The molecular weight excluding hydrogens is 316 g/mol. The largest absolute Gasteiger partial charge is 0.393 e. The number of carbonyl (C=O) groups excluding carboxylic acids is 2. The summed E-state index contributed by atoms with van der Waals surface area (Å²) < 4.78 is 0. The van der Waals surface area contributed by atoms with Gasteiger partial charge in [-0.2, -0.15) is 0 Å². The standard InChI is InChI=1S/C20H30N2O3/c1-20(2,3)19(25)21-16-11-7-6-10-15(16)18(24)22(4)13-14-9-5-8-12-17(14)23/h6-7,10-11,14,17,23H,5,8-9,12-13H2,1-4H3,(H,21,25). The van der Waals surface area contributed by atoms with Gasteiger partial charge in [0.1, 0.15) is 0 Å². The van der Waals surface area contributed by atoms with E-state index in [4.69, 9.17) is 0 Å². The van der Waals surface area contributed by atoms with Crippen LogP contribution in [0.1, 0.15) is 56.8 Å². The lowest BCUT2D eigenvalue weighted by Gasteiger charge is -2.31. The molecular formula is C20H30N2O3. The topological polar surface area (TPSA) is 69.6 Å². The van der Waals surface area contributed by atoms with Crippen LogP contribution >= 0.6 is 0 Å². The smallest absolute Gasteiger partial charge is 0.255 e. The fourth-order valence-corrected chi connectivity index (χ4v) is 3.13. The van der Waals surface area contributed by atoms with E-state index in [1.807, 2.05) is 20.8 Å². The number of anilines is 1. The molecule has 2 amide bonds. The Labute approximate surface area is 150 Å². The van der Waals surface area contributed by atoms with Crippen molar-refractivity contribution < 1.29 is 14.7 Å². The van der Waals surface area contributed by atoms with Gasteiger partial charge in [-0.1, -0.05) is 45.7 Å². The number of aliphatic hydroxyl groups excluding tert-OH is 1. The normalized spacial score (nSPS) is 20.8. The maximum atomic E-state index is 12.9. The van der Waals surface area contributed by atoms with Gasteiger partial charge >= 0.3 is 0 Å². The van der Waals surface area contributed by atoms with Crippen LogP contribution in [0.25, 0.3) is 0 Å². The maximum Gasteiger partial charge on any atom is 0.255 e. The van der Waals surface area contributed by atoms with Gasteiger partial charge in [-0.25, -0.2) is 0 Å². The van der Waals surface area contributed by atoms with Gasteiger partial charge in [0.25, 0.3) is 5.91 Å². The van der Waals surface area contributed by atoms with Crippen molar-refractivity contribution in [2.45, 2.75) is 52.6 Å². The molecule has 2 N–H and O–H groups in total. The first-order valence-electron chi connectivity index (χ1n) is 9.04. The highest BCUT2D eigenvalue weighted by molar-refractivity contribution is 6.04. The highest BCUT2D eigenvalue weighted by Crippen LogP contribution is 2.26. The van der Waals surface area contributed by atoms with Gasteiger partial charge in [0.05, 0.1) is 17.4 Å². The molecule has 1 aromatic rings. The van der Waals surface area contributed by atoms with Gasteiger partial charge in [-0.05, 0) is 25.0 Å². The molecule has 1 saturated carbocycles. The summed E-state index contributed by atoms with van der Waals surface area (Å²) in [6, 6.07) is 7.08. The van der Waals surface area contributed by atoms with Crippen LogP contribution in [0.5, 0.6) is 0 Å². The summed E-state index contributed by atoms with van der Waals surface area (Å²) >= 11 is 0. The van der Waals surface area contributed by atoms with Crippen molar-refractivity contribution in [2.75, 3.05) is 18.9 Å². The number of benzene rings is 1. The SMILES string of the molecule is CN(CC1CCCCC1O)C(=O)c1ccccc1NC(=O)C(C)(C)C. The number of aliphatic hydroxyl groups is 1. The summed E-state index contributed by atoms with van der Waals surface area (Å²) in [6.07, 6.45) is 3.57. The Morgan fingerprint density at radius 3 is 2.48 bits per heavy atom. The van der Waals surface area contributed by atoms with Gasteiger partial charge in [0.15, 0.2) is 0 Å². The molecule has 2 atom stereocenters. The summed E-state index contributed by atoms with van der Waals surface area (Å²) in [7, 11) is 1.76. The van der Waals surface area contributed by atoms with E-state index >= 15 is 0 Å². The predicted molar refractivity (Wildman–Crippen MR) is 99.5 cm³/mol. The first kappa shape index (κ1) is 19.4. The third-order valence-electron chi connectivity index (χ3n) is 4.81. The molecule has 1 aliphatic carbocycles. The predicted octanol–water partition coefficient (Wildman–Crippen LogP) is 3.29. The average Bonchev–Trinajstić information content (AvgIpc) is 2.56. The molecule has 0 heterocycles. The van der Waals surface area contributed by atoms with E-state index in [0.717, 1.165) is 25.7 Å². The van der Waals surface area contributed by atoms with Crippen LogP contribution in [0.15, 0.2) is 24.3 Å². The third kappa shape index (κ3) is 5.05. The minimum atomic E-state index is -0.533. The number of amides is 2. The van der Waals surface area contributed by atoms with Gasteiger partial charge in [-0.15, -0.1) is 0 Å². The monoisotopic (exact) mass is 346 g/mol. The summed E-state index contributed by atoms with van der Waals surface area (Å²) in [5.74, 6) is -0.139. The lowest BCUT2D eigenvalue weighted by molar-refractivity contribution is -0.123. The van der Waals surface area contributed by atoms with Crippen molar-refractivity contribution in [3.05, 3.63) is 29.8 Å². The van der Waals surface area contributed by atoms with Gasteiger partial charge in [0, 0.05) is 24.9 Å². The van der Waals surface area contributed by atoms with Crippen LogP contribution in [0.3, 0.4) is 0 Å². The van der Waals surface area contributed by atoms with Crippen molar-refractivity contribution in [2.24, 2.45) is 11.3 Å².